The Balaban J connectivity index is 1.56. The second kappa shape index (κ2) is 7.91. The fourth-order valence-electron chi connectivity index (χ4n) is 3.00. The molecule has 0 bridgehead atoms. The lowest BCUT2D eigenvalue weighted by molar-refractivity contribution is 0.263. The zero-order chi connectivity index (χ0) is 19.6. The fraction of sp³-hybridized carbons (Fsp3) is 0.412. The van der Waals surface area contributed by atoms with Crippen LogP contribution < -0.4 is 5.32 Å². The summed E-state index contributed by atoms with van der Waals surface area (Å²) in [7, 11) is -3.64. The molecule has 2 heterocycles. The minimum Gasteiger partial charge on any atom is -0.360 e. The van der Waals surface area contributed by atoms with Crippen LogP contribution in [0.5, 0.6) is 0 Å². The Morgan fingerprint density at radius 2 is 1.85 bits per heavy atom. The summed E-state index contributed by atoms with van der Waals surface area (Å²) in [6.07, 6.45) is 0. The third kappa shape index (κ3) is 4.28. The van der Waals surface area contributed by atoms with Gasteiger partial charge in [0.15, 0.2) is 10.9 Å². The van der Waals surface area contributed by atoms with Crippen molar-refractivity contribution in [2.45, 2.75) is 25.3 Å². The number of benzene rings is 1. The van der Waals surface area contributed by atoms with Gasteiger partial charge in [-0.1, -0.05) is 17.3 Å². The first-order chi connectivity index (χ1) is 12.8. The highest BCUT2D eigenvalue weighted by atomic mass is 32.2. The molecular weight excluding hydrogens is 391 g/mol. The summed E-state index contributed by atoms with van der Waals surface area (Å²) in [5.74, 6) is 0.0170. The van der Waals surface area contributed by atoms with Gasteiger partial charge < -0.3 is 14.7 Å². The Kier molecular flexibility index (Phi) is 5.78. The van der Waals surface area contributed by atoms with Crippen molar-refractivity contribution < 1.29 is 17.3 Å². The lowest BCUT2D eigenvalue weighted by atomic mass is 10.2. The van der Waals surface area contributed by atoms with E-state index in [4.69, 9.17) is 16.7 Å². The predicted octanol–water partition coefficient (Wildman–Crippen LogP) is 1.81. The molecule has 1 saturated heterocycles. The molecule has 146 valence electrons. The molecule has 27 heavy (non-hydrogen) atoms. The van der Waals surface area contributed by atoms with Crippen LogP contribution in [0.4, 0.5) is 4.39 Å². The summed E-state index contributed by atoms with van der Waals surface area (Å²) in [6.45, 7) is 5.31. The van der Waals surface area contributed by atoms with E-state index in [0.717, 1.165) is 5.56 Å². The van der Waals surface area contributed by atoms with Crippen LogP contribution in [-0.2, 0) is 16.6 Å². The SMILES string of the molecule is Cc1noc(C)c1S(=O)(=O)N1CCN(C(=S)NCc2ccc(F)cc2)CC1. The van der Waals surface area contributed by atoms with Crippen LogP contribution in [0.15, 0.2) is 33.7 Å². The normalized spacial score (nSPS) is 15.7. The van der Waals surface area contributed by atoms with Crippen molar-refractivity contribution in [3.63, 3.8) is 0 Å². The Bertz CT molecular complexity index is 901. The predicted molar refractivity (Wildman–Crippen MR) is 102 cm³/mol. The molecular formula is C17H21FN4O3S2. The van der Waals surface area contributed by atoms with Crippen molar-refractivity contribution in [2.75, 3.05) is 26.2 Å². The van der Waals surface area contributed by atoms with Gasteiger partial charge in [-0.15, -0.1) is 0 Å². The molecule has 0 atom stereocenters. The van der Waals surface area contributed by atoms with Gasteiger partial charge in [0.05, 0.1) is 0 Å². The molecule has 0 radical (unpaired) electrons. The molecule has 1 aliphatic heterocycles. The lowest BCUT2D eigenvalue weighted by Gasteiger charge is -2.35. The number of hydrogen-bond acceptors (Lipinski definition) is 5. The Labute approximate surface area is 163 Å². The summed E-state index contributed by atoms with van der Waals surface area (Å²) in [6, 6.07) is 6.19. The highest BCUT2D eigenvalue weighted by Gasteiger charge is 2.33. The van der Waals surface area contributed by atoms with Crippen LogP contribution in [0.1, 0.15) is 17.0 Å². The number of hydrogen-bond donors (Lipinski definition) is 1. The Morgan fingerprint density at radius 3 is 2.41 bits per heavy atom. The fourth-order valence-corrected chi connectivity index (χ4v) is 4.96. The van der Waals surface area contributed by atoms with Crippen LogP contribution in [0.2, 0.25) is 0 Å². The molecule has 10 heteroatoms. The van der Waals surface area contributed by atoms with E-state index < -0.39 is 10.0 Å². The van der Waals surface area contributed by atoms with E-state index in [0.29, 0.717) is 49.3 Å². The van der Waals surface area contributed by atoms with Crippen molar-refractivity contribution in [1.82, 2.24) is 19.7 Å². The van der Waals surface area contributed by atoms with Gasteiger partial charge in [-0.25, -0.2) is 12.8 Å². The molecule has 7 nitrogen and oxygen atoms in total. The topological polar surface area (TPSA) is 78.7 Å². The highest BCUT2D eigenvalue weighted by Crippen LogP contribution is 2.24. The molecule has 1 aliphatic rings. The molecule has 1 fully saturated rings. The molecule has 3 rings (SSSR count). The van der Waals surface area contributed by atoms with Crippen LogP contribution in [-0.4, -0.2) is 54.1 Å². The second-order valence-corrected chi connectivity index (χ2v) is 8.59. The van der Waals surface area contributed by atoms with Gasteiger partial charge >= 0.3 is 0 Å². The summed E-state index contributed by atoms with van der Waals surface area (Å²) in [4.78, 5) is 2.08. The second-order valence-electron chi connectivity index (χ2n) is 6.33. The van der Waals surface area contributed by atoms with Crippen molar-refractivity contribution in [3.05, 3.63) is 47.1 Å². The molecule has 1 aromatic heterocycles. The third-order valence-corrected chi connectivity index (χ3v) is 6.99. The van der Waals surface area contributed by atoms with Gasteiger partial charge in [0.1, 0.15) is 16.4 Å². The van der Waals surface area contributed by atoms with Gasteiger partial charge in [0, 0.05) is 32.7 Å². The van der Waals surface area contributed by atoms with Gasteiger partial charge in [0.2, 0.25) is 10.0 Å². The maximum Gasteiger partial charge on any atom is 0.248 e. The zero-order valence-electron chi connectivity index (χ0n) is 15.1. The monoisotopic (exact) mass is 412 g/mol. The molecule has 2 aromatic rings. The van der Waals surface area contributed by atoms with E-state index in [1.165, 1.54) is 16.4 Å². The quantitative estimate of drug-likeness (QED) is 0.768. The number of thiocarbonyl (C=S) groups is 1. The summed E-state index contributed by atoms with van der Waals surface area (Å²) in [5.41, 5.74) is 1.28. The van der Waals surface area contributed by atoms with Crippen LogP contribution in [0.25, 0.3) is 0 Å². The molecule has 0 unspecified atom stereocenters. The molecule has 0 spiro atoms. The van der Waals surface area contributed by atoms with Crippen molar-refractivity contribution in [3.8, 4) is 0 Å². The van der Waals surface area contributed by atoms with Crippen molar-refractivity contribution >= 4 is 27.4 Å². The summed E-state index contributed by atoms with van der Waals surface area (Å²) < 4.78 is 45.0. The largest absolute Gasteiger partial charge is 0.360 e. The maximum absolute atomic E-state index is 12.9. The van der Waals surface area contributed by atoms with E-state index in [-0.39, 0.29) is 10.7 Å². The third-order valence-electron chi connectivity index (χ3n) is 4.45. The molecule has 0 amide bonds. The van der Waals surface area contributed by atoms with Gasteiger partial charge in [0.25, 0.3) is 0 Å². The Morgan fingerprint density at radius 1 is 1.22 bits per heavy atom. The average Bonchev–Trinajstić information content (AvgIpc) is 3.00. The number of aromatic nitrogens is 1. The number of halogens is 1. The van der Waals surface area contributed by atoms with Gasteiger partial charge in [-0.2, -0.15) is 4.31 Å². The summed E-state index contributed by atoms with van der Waals surface area (Å²) in [5, 5.41) is 7.41. The average molecular weight is 413 g/mol. The summed E-state index contributed by atoms with van der Waals surface area (Å²) >= 11 is 5.40. The van der Waals surface area contributed by atoms with E-state index in [2.05, 4.69) is 10.5 Å². The smallest absolute Gasteiger partial charge is 0.248 e. The number of nitrogens with one attached hydrogen (secondary N) is 1. The molecule has 1 aromatic carbocycles. The van der Waals surface area contributed by atoms with Crippen molar-refractivity contribution in [1.29, 1.82) is 0 Å². The van der Waals surface area contributed by atoms with E-state index in [9.17, 15) is 12.8 Å². The van der Waals surface area contributed by atoms with Crippen LogP contribution >= 0.6 is 12.2 Å². The first kappa shape index (κ1) is 19.7. The van der Waals surface area contributed by atoms with E-state index >= 15 is 0 Å². The maximum atomic E-state index is 12.9. The first-order valence-corrected chi connectivity index (χ1v) is 10.3. The van der Waals surface area contributed by atoms with Gasteiger partial charge in [-0.3, -0.25) is 0 Å². The lowest BCUT2D eigenvalue weighted by Crippen LogP contribution is -2.52. The molecule has 0 saturated carbocycles. The van der Waals surface area contributed by atoms with E-state index in [1.807, 2.05) is 4.90 Å². The van der Waals surface area contributed by atoms with Crippen LogP contribution in [0, 0.1) is 19.7 Å². The van der Waals surface area contributed by atoms with Crippen LogP contribution in [0.3, 0.4) is 0 Å². The number of piperazine rings is 1. The minimum absolute atomic E-state index is 0.146. The van der Waals surface area contributed by atoms with Gasteiger partial charge in [-0.05, 0) is 43.8 Å². The highest BCUT2D eigenvalue weighted by molar-refractivity contribution is 7.89. The number of rotatable bonds is 4. The number of sulfonamides is 1. The number of aryl methyl sites for hydroxylation is 2. The molecule has 1 N–H and O–H groups in total. The first-order valence-electron chi connectivity index (χ1n) is 8.49. The molecule has 0 aliphatic carbocycles. The zero-order valence-corrected chi connectivity index (χ0v) is 16.7. The van der Waals surface area contributed by atoms with Crippen molar-refractivity contribution in [2.24, 2.45) is 0 Å². The standard InChI is InChI=1S/C17H21FN4O3S2/c1-12-16(13(2)25-20-12)27(23,24)22-9-7-21(8-10-22)17(26)19-11-14-3-5-15(18)6-4-14/h3-6H,7-11H2,1-2H3,(H,19,26). The van der Waals surface area contributed by atoms with E-state index in [1.54, 1.807) is 26.0 Å². The number of nitrogens with zero attached hydrogens (tertiary/aromatic N) is 3. The minimum atomic E-state index is -3.64. The Hall–Kier alpha value is -2.04.